The standard InChI is InChI=1S/C18H16ClN3O4S/c1-24-14-7-6-11(8-15(14)25-2)17-21-18(27-22-17)20-16(23)10-26-13-5-3-4-12(19)9-13/h3-9H,10H2,1-2H3,(H,20,21,22,23). The van der Waals surface area contributed by atoms with Gasteiger partial charge in [0.15, 0.2) is 23.9 Å². The van der Waals surface area contributed by atoms with E-state index in [-0.39, 0.29) is 12.5 Å². The first kappa shape index (κ1) is 18.9. The van der Waals surface area contributed by atoms with Gasteiger partial charge >= 0.3 is 0 Å². The number of nitrogens with zero attached hydrogens (tertiary/aromatic N) is 2. The number of hydrogen-bond acceptors (Lipinski definition) is 7. The highest BCUT2D eigenvalue weighted by molar-refractivity contribution is 7.10. The van der Waals surface area contributed by atoms with E-state index in [1.54, 1.807) is 50.6 Å². The first-order valence-electron chi connectivity index (χ1n) is 7.83. The second-order valence-electron chi connectivity index (χ2n) is 5.29. The average Bonchev–Trinajstić information content (AvgIpc) is 3.14. The van der Waals surface area contributed by atoms with Crippen molar-refractivity contribution in [2.45, 2.75) is 0 Å². The first-order chi connectivity index (χ1) is 13.1. The first-order valence-corrected chi connectivity index (χ1v) is 8.98. The topological polar surface area (TPSA) is 82.6 Å². The van der Waals surface area contributed by atoms with E-state index in [9.17, 15) is 4.79 Å². The van der Waals surface area contributed by atoms with Crippen molar-refractivity contribution in [2.24, 2.45) is 0 Å². The van der Waals surface area contributed by atoms with Gasteiger partial charge in [-0.05, 0) is 36.4 Å². The predicted octanol–water partition coefficient (Wildman–Crippen LogP) is 3.89. The molecule has 1 N–H and O–H groups in total. The average molecular weight is 406 g/mol. The molecule has 3 aromatic rings. The number of benzene rings is 2. The number of halogens is 1. The lowest BCUT2D eigenvalue weighted by Gasteiger charge is -2.07. The van der Waals surface area contributed by atoms with Crippen molar-refractivity contribution < 1.29 is 19.0 Å². The summed E-state index contributed by atoms with van der Waals surface area (Å²) in [5, 5.41) is 3.57. The fourth-order valence-electron chi connectivity index (χ4n) is 2.23. The summed E-state index contributed by atoms with van der Waals surface area (Å²) in [6, 6.07) is 12.2. The molecule has 0 aliphatic heterocycles. The van der Waals surface area contributed by atoms with Crippen molar-refractivity contribution in [2.75, 3.05) is 26.1 Å². The van der Waals surface area contributed by atoms with E-state index in [1.165, 1.54) is 0 Å². The maximum absolute atomic E-state index is 12.0. The Labute approximate surface area is 165 Å². The van der Waals surface area contributed by atoms with Crippen LogP contribution in [0.1, 0.15) is 0 Å². The van der Waals surface area contributed by atoms with Crippen LogP contribution in [0.4, 0.5) is 5.13 Å². The molecule has 0 spiro atoms. The molecule has 0 saturated heterocycles. The number of ether oxygens (including phenoxy) is 3. The van der Waals surface area contributed by atoms with Gasteiger partial charge in [0, 0.05) is 22.1 Å². The highest BCUT2D eigenvalue weighted by Crippen LogP contribution is 2.32. The van der Waals surface area contributed by atoms with Gasteiger partial charge in [0.05, 0.1) is 14.2 Å². The number of amides is 1. The zero-order chi connectivity index (χ0) is 19.2. The molecule has 9 heteroatoms. The van der Waals surface area contributed by atoms with Gasteiger partial charge in [0.25, 0.3) is 5.91 Å². The molecule has 1 heterocycles. The van der Waals surface area contributed by atoms with Crippen LogP contribution in [0.15, 0.2) is 42.5 Å². The molecule has 0 bridgehead atoms. The third-order valence-electron chi connectivity index (χ3n) is 3.48. The quantitative estimate of drug-likeness (QED) is 0.642. The predicted molar refractivity (Wildman–Crippen MR) is 104 cm³/mol. The fourth-order valence-corrected chi connectivity index (χ4v) is 3.01. The molecule has 1 amide bonds. The number of nitrogens with one attached hydrogen (secondary N) is 1. The van der Waals surface area contributed by atoms with E-state index in [0.29, 0.717) is 33.2 Å². The molecule has 7 nitrogen and oxygen atoms in total. The number of anilines is 1. The van der Waals surface area contributed by atoms with Gasteiger partial charge in [-0.15, -0.1) is 0 Å². The van der Waals surface area contributed by atoms with Crippen molar-refractivity contribution in [1.29, 1.82) is 0 Å². The summed E-state index contributed by atoms with van der Waals surface area (Å²) in [6.45, 7) is -0.161. The second-order valence-corrected chi connectivity index (χ2v) is 6.48. The molecule has 0 atom stereocenters. The van der Waals surface area contributed by atoms with Crippen molar-refractivity contribution in [3.05, 3.63) is 47.5 Å². The van der Waals surface area contributed by atoms with Crippen molar-refractivity contribution in [1.82, 2.24) is 9.36 Å². The zero-order valence-corrected chi connectivity index (χ0v) is 16.1. The Balaban J connectivity index is 1.63. The van der Waals surface area contributed by atoms with Crippen LogP contribution < -0.4 is 19.5 Å². The number of carbonyl (C=O) groups is 1. The third kappa shape index (κ3) is 4.87. The SMILES string of the molecule is COc1ccc(-c2nsc(NC(=O)COc3cccc(Cl)c3)n2)cc1OC. The highest BCUT2D eigenvalue weighted by Gasteiger charge is 2.13. The number of aromatic nitrogens is 2. The summed E-state index contributed by atoms with van der Waals surface area (Å²) in [5.74, 6) is 1.84. The van der Waals surface area contributed by atoms with Crippen molar-refractivity contribution in [3.63, 3.8) is 0 Å². The molecule has 3 rings (SSSR count). The summed E-state index contributed by atoms with van der Waals surface area (Å²) in [4.78, 5) is 16.4. The van der Waals surface area contributed by atoms with Crippen LogP contribution in [0.3, 0.4) is 0 Å². The molecule has 0 unspecified atom stereocenters. The molecule has 0 radical (unpaired) electrons. The Kier molecular flexibility index (Phi) is 6.10. The molecule has 1 aromatic heterocycles. The molecule has 27 heavy (non-hydrogen) atoms. The monoisotopic (exact) mass is 405 g/mol. The maximum atomic E-state index is 12.0. The largest absolute Gasteiger partial charge is 0.493 e. The van der Waals surface area contributed by atoms with Crippen LogP contribution in [0.25, 0.3) is 11.4 Å². The minimum absolute atomic E-state index is 0.161. The Morgan fingerprint density at radius 3 is 2.70 bits per heavy atom. The minimum Gasteiger partial charge on any atom is -0.493 e. The summed E-state index contributed by atoms with van der Waals surface area (Å²) >= 11 is 6.96. The van der Waals surface area contributed by atoms with Crippen LogP contribution in [0.5, 0.6) is 17.2 Å². The smallest absolute Gasteiger partial charge is 0.264 e. The lowest BCUT2D eigenvalue weighted by atomic mass is 10.2. The molecule has 0 fully saturated rings. The third-order valence-corrected chi connectivity index (χ3v) is 4.35. The van der Waals surface area contributed by atoms with E-state index in [1.807, 2.05) is 6.07 Å². The van der Waals surface area contributed by atoms with Gasteiger partial charge in [-0.2, -0.15) is 9.36 Å². The molecule has 0 aliphatic carbocycles. The molecular weight excluding hydrogens is 390 g/mol. The number of carbonyl (C=O) groups excluding carboxylic acids is 1. The Hall–Kier alpha value is -2.84. The van der Waals surface area contributed by atoms with Gasteiger partial charge in [-0.25, -0.2) is 0 Å². The highest BCUT2D eigenvalue weighted by atomic mass is 35.5. The Bertz CT molecular complexity index is 948. The van der Waals surface area contributed by atoms with Gasteiger partial charge in [-0.3, -0.25) is 10.1 Å². The molecule has 0 aliphatic rings. The van der Waals surface area contributed by atoms with E-state index in [4.69, 9.17) is 25.8 Å². The van der Waals surface area contributed by atoms with Crippen LogP contribution in [-0.2, 0) is 4.79 Å². The van der Waals surface area contributed by atoms with Gasteiger partial charge in [0.1, 0.15) is 5.75 Å². The van der Waals surface area contributed by atoms with Gasteiger partial charge in [0.2, 0.25) is 5.13 Å². The maximum Gasteiger partial charge on any atom is 0.264 e. The molecular formula is C18H16ClN3O4S. The van der Waals surface area contributed by atoms with Gasteiger partial charge in [-0.1, -0.05) is 17.7 Å². The minimum atomic E-state index is -0.343. The lowest BCUT2D eigenvalue weighted by molar-refractivity contribution is -0.118. The van der Waals surface area contributed by atoms with Crippen LogP contribution in [0.2, 0.25) is 5.02 Å². The second kappa shape index (κ2) is 8.70. The molecule has 0 saturated carbocycles. The summed E-state index contributed by atoms with van der Waals surface area (Å²) < 4.78 is 20.2. The summed E-state index contributed by atoms with van der Waals surface area (Å²) in [6.07, 6.45) is 0. The van der Waals surface area contributed by atoms with E-state index in [0.717, 1.165) is 17.1 Å². The van der Waals surface area contributed by atoms with Gasteiger partial charge < -0.3 is 14.2 Å². The molecule has 2 aromatic carbocycles. The fraction of sp³-hybridized carbons (Fsp3) is 0.167. The zero-order valence-electron chi connectivity index (χ0n) is 14.6. The normalized spacial score (nSPS) is 10.3. The van der Waals surface area contributed by atoms with E-state index < -0.39 is 0 Å². The van der Waals surface area contributed by atoms with Crippen molar-refractivity contribution >= 4 is 34.2 Å². The number of methoxy groups -OCH3 is 2. The van der Waals surface area contributed by atoms with Crippen LogP contribution in [0, 0.1) is 0 Å². The van der Waals surface area contributed by atoms with Crippen molar-refractivity contribution in [3.8, 4) is 28.6 Å². The van der Waals surface area contributed by atoms with E-state index in [2.05, 4.69) is 14.7 Å². The summed E-state index contributed by atoms with van der Waals surface area (Å²) in [5.41, 5.74) is 0.750. The number of hydrogen-bond donors (Lipinski definition) is 1. The van der Waals surface area contributed by atoms with Crippen LogP contribution >= 0.6 is 23.1 Å². The van der Waals surface area contributed by atoms with Crippen LogP contribution in [-0.4, -0.2) is 36.1 Å². The Morgan fingerprint density at radius 1 is 1.15 bits per heavy atom. The lowest BCUT2D eigenvalue weighted by Crippen LogP contribution is -2.20. The molecule has 140 valence electrons. The summed E-state index contributed by atoms with van der Waals surface area (Å²) in [7, 11) is 3.12. The van der Waals surface area contributed by atoms with E-state index >= 15 is 0 Å². The number of rotatable bonds is 7. The Morgan fingerprint density at radius 2 is 1.96 bits per heavy atom.